The van der Waals surface area contributed by atoms with E-state index in [1.807, 2.05) is 38.1 Å². The molecule has 0 radical (unpaired) electrons. The van der Waals surface area contributed by atoms with Crippen molar-refractivity contribution in [3.05, 3.63) is 29.8 Å². The summed E-state index contributed by atoms with van der Waals surface area (Å²) in [6, 6.07) is 7.73. The van der Waals surface area contributed by atoms with Crippen LogP contribution in [0.2, 0.25) is 0 Å². The van der Waals surface area contributed by atoms with E-state index < -0.39 is 0 Å². The fourth-order valence-corrected chi connectivity index (χ4v) is 2.48. The molecule has 0 spiro atoms. The highest BCUT2D eigenvalue weighted by atomic mass is 35.5. The van der Waals surface area contributed by atoms with Crippen LogP contribution in [-0.2, 0) is 4.79 Å². The Morgan fingerprint density at radius 1 is 1.45 bits per heavy atom. The minimum Gasteiger partial charge on any atom is -0.496 e. The Bertz CT molecular complexity index is 459. The number of hydrogen-bond acceptors (Lipinski definition) is 3. The third-order valence-electron chi connectivity index (χ3n) is 3.87. The molecule has 1 fully saturated rings. The molecule has 1 aromatic carbocycles. The average molecular weight is 299 g/mol. The number of nitrogens with one attached hydrogen (secondary N) is 2. The quantitative estimate of drug-likeness (QED) is 0.897. The number of ether oxygens (including phenoxy) is 1. The second kappa shape index (κ2) is 6.95. The number of para-hydroxylation sites is 1. The van der Waals surface area contributed by atoms with Crippen LogP contribution in [-0.4, -0.2) is 26.1 Å². The number of amides is 1. The number of halogens is 1. The minimum absolute atomic E-state index is 0. The minimum atomic E-state index is -0.295. The topological polar surface area (TPSA) is 50.4 Å². The van der Waals surface area contributed by atoms with E-state index >= 15 is 0 Å². The zero-order chi connectivity index (χ0) is 13.9. The molecule has 1 aliphatic heterocycles. The van der Waals surface area contributed by atoms with Crippen LogP contribution in [0.5, 0.6) is 5.75 Å². The third kappa shape index (κ3) is 3.44. The number of carbonyl (C=O) groups is 1. The van der Waals surface area contributed by atoms with Crippen LogP contribution in [0, 0.1) is 5.41 Å². The van der Waals surface area contributed by atoms with Crippen molar-refractivity contribution in [2.45, 2.75) is 26.3 Å². The maximum Gasteiger partial charge on any atom is 0.227 e. The van der Waals surface area contributed by atoms with Gasteiger partial charge in [0, 0.05) is 12.1 Å². The van der Waals surface area contributed by atoms with Gasteiger partial charge in [0.15, 0.2) is 0 Å². The molecule has 0 bridgehead atoms. The molecule has 1 amide bonds. The van der Waals surface area contributed by atoms with Gasteiger partial charge in [-0.3, -0.25) is 4.79 Å². The molecule has 5 heteroatoms. The third-order valence-corrected chi connectivity index (χ3v) is 3.87. The fraction of sp³-hybridized carbons (Fsp3) is 0.533. The summed E-state index contributed by atoms with van der Waals surface area (Å²) in [7, 11) is 1.65. The standard InChI is InChI=1S/C15H22N2O2.ClH/c1-11(12-6-4-5-7-13(12)19-3)17-14(18)15(2)8-9-16-10-15;/h4-7,11,16H,8-10H2,1-3H3,(H,17,18);1H. The summed E-state index contributed by atoms with van der Waals surface area (Å²) in [4.78, 5) is 12.4. The number of rotatable bonds is 4. The van der Waals surface area contributed by atoms with E-state index in [4.69, 9.17) is 4.74 Å². The molecule has 4 nitrogen and oxygen atoms in total. The van der Waals surface area contributed by atoms with Crippen molar-refractivity contribution in [2.24, 2.45) is 5.41 Å². The van der Waals surface area contributed by atoms with Gasteiger partial charge in [0.05, 0.1) is 18.6 Å². The predicted octanol–water partition coefficient (Wildman–Crippen LogP) is 2.29. The molecule has 2 atom stereocenters. The second-order valence-corrected chi connectivity index (χ2v) is 5.42. The van der Waals surface area contributed by atoms with Crippen molar-refractivity contribution in [2.75, 3.05) is 20.2 Å². The maximum atomic E-state index is 12.4. The van der Waals surface area contributed by atoms with Crippen LogP contribution >= 0.6 is 12.4 Å². The van der Waals surface area contributed by atoms with Crippen LogP contribution in [0.4, 0.5) is 0 Å². The van der Waals surface area contributed by atoms with Gasteiger partial charge >= 0.3 is 0 Å². The molecule has 0 saturated carbocycles. The highest BCUT2D eigenvalue weighted by Gasteiger charge is 2.36. The van der Waals surface area contributed by atoms with Gasteiger partial charge in [0.25, 0.3) is 0 Å². The van der Waals surface area contributed by atoms with E-state index in [1.54, 1.807) is 7.11 Å². The first-order chi connectivity index (χ1) is 9.07. The van der Waals surface area contributed by atoms with Gasteiger partial charge in [0.2, 0.25) is 5.91 Å². The molecule has 1 aromatic rings. The van der Waals surface area contributed by atoms with E-state index in [0.717, 1.165) is 30.8 Å². The van der Waals surface area contributed by atoms with Crippen LogP contribution in [0.3, 0.4) is 0 Å². The van der Waals surface area contributed by atoms with Gasteiger partial charge in [0.1, 0.15) is 5.75 Å². The Balaban J connectivity index is 0.00000200. The lowest BCUT2D eigenvalue weighted by atomic mass is 9.88. The Kier molecular flexibility index (Phi) is 5.84. The van der Waals surface area contributed by atoms with Gasteiger partial charge < -0.3 is 15.4 Å². The summed E-state index contributed by atoms with van der Waals surface area (Å²) >= 11 is 0. The van der Waals surface area contributed by atoms with Crippen molar-refractivity contribution in [3.8, 4) is 5.75 Å². The van der Waals surface area contributed by atoms with Crippen molar-refractivity contribution in [1.29, 1.82) is 0 Å². The fourth-order valence-electron chi connectivity index (χ4n) is 2.48. The van der Waals surface area contributed by atoms with Gasteiger partial charge in [-0.05, 0) is 32.9 Å². The molecular weight excluding hydrogens is 276 g/mol. The lowest BCUT2D eigenvalue weighted by Gasteiger charge is -2.25. The average Bonchev–Trinajstić information content (AvgIpc) is 2.87. The molecule has 112 valence electrons. The largest absolute Gasteiger partial charge is 0.496 e. The molecule has 2 rings (SSSR count). The van der Waals surface area contributed by atoms with Crippen LogP contribution in [0.1, 0.15) is 31.9 Å². The summed E-state index contributed by atoms with van der Waals surface area (Å²) in [6.07, 6.45) is 0.886. The summed E-state index contributed by atoms with van der Waals surface area (Å²) in [5.74, 6) is 0.918. The number of carbonyl (C=O) groups excluding carboxylic acids is 1. The molecule has 1 saturated heterocycles. The van der Waals surface area contributed by atoms with Crippen molar-refractivity contribution >= 4 is 18.3 Å². The van der Waals surface area contributed by atoms with E-state index in [2.05, 4.69) is 10.6 Å². The molecule has 20 heavy (non-hydrogen) atoms. The normalized spacial score (nSPS) is 22.8. The van der Waals surface area contributed by atoms with Crippen LogP contribution in [0.15, 0.2) is 24.3 Å². The zero-order valence-electron chi connectivity index (χ0n) is 12.2. The van der Waals surface area contributed by atoms with Crippen molar-refractivity contribution in [3.63, 3.8) is 0 Å². The van der Waals surface area contributed by atoms with Gasteiger partial charge in [-0.25, -0.2) is 0 Å². The lowest BCUT2D eigenvalue weighted by Crippen LogP contribution is -2.41. The molecule has 1 aliphatic rings. The van der Waals surface area contributed by atoms with Crippen molar-refractivity contribution < 1.29 is 9.53 Å². The predicted molar refractivity (Wildman–Crippen MR) is 82.4 cm³/mol. The van der Waals surface area contributed by atoms with E-state index in [-0.39, 0.29) is 29.8 Å². The molecular formula is C15H23ClN2O2. The van der Waals surface area contributed by atoms with Crippen molar-refractivity contribution in [1.82, 2.24) is 10.6 Å². The number of methoxy groups -OCH3 is 1. The number of hydrogen-bond donors (Lipinski definition) is 2. The SMILES string of the molecule is COc1ccccc1C(C)NC(=O)C1(C)CCNC1.Cl. The molecule has 0 aromatic heterocycles. The summed E-state index contributed by atoms with van der Waals surface area (Å²) in [5, 5.41) is 6.34. The van der Waals surface area contributed by atoms with Gasteiger partial charge in [-0.1, -0.05) is 18.2 Å². The first kappa shape index (κ1) is 16.8. The zero-order valence-corrected chi connectivity index (χ0v) is 13.0. The second-order valence-electron chi connectivity index (χ2n) is 5.42. The van der Waals surface area contributed by atoms with E-state index in [0.29, 0.717) is 0 Å². The van der Waals surface area contributed by atoms with E-state index in [9.17, 15) is 4.79 Å². The Hall–Kier alpha value is -1.26. The summed E-state index contributed by atoms with van der Waals surface area (Å²) in [6.45, 7) is 5.66. The highest BCUT2D eigenvalue weighted by molar-refractivity contribution is 5.85. The van der Waals surface area contributed by atoms with E-state index in [1.165, 1.54) is 0 Å². The first-order valence-corrected chi connectivity index (χ1v) is 6.71. The Labute approximate surface area is 126 Å². The van der Waals surface area contributed by atoms with Crippen LogP contribution in [0.25, 0.3) is 0 Å². The monoisotopic (exact) mass is 298 g/mol. The number of benzene rings is 1. The molecule has 1 heterocycles. The summed E-state index contributed by atoms with van der Waals surface area (Å²) < 4.78 is 5.34. The highest BCUT2D eigenvalue weighted by Crippen LogP contribution is 2.28. The molecule has 0 aliphatic carbocycles. The Morgan fingerprint density at radius 3 is 2.75 bits per heavy atom. The molecule has 2 unspecified atom stereocenters. The maximum absolute atomic E-state index is 12.4. The summed E-state index contributed by atoms with van der Waals surface area (Å²) in [5.41, 5.74) is 0.712. The first-order valence-electron chi connectivity index (χ1n) is 6.71. The van der Waals surface area contributed by atoms with Crippen LogP contribution < -0.4 is 15.4 Å². The molecule has 2 N–H and O–H groups in total. The smallest absolute Gasteiger partial charge is 0.227 e. The van der Waals surface area contributed by atoms with Gasteiger partial charge in [-0.15, -0.1) is 12.4 Å². The Morgan fingerprint density at radius 2 is 2.15 bits per heavy atom. The lowest BCUT2D eigenvalue weighted by molar-refractivity contribution is -0.129. The van der Waals surface area contributed by atoms with Gasteiger partial charge in [-0.2, -0.15) is 0 Å².